The molecule has 0 bridgehead atoms. The van der Waals surface area contributed by atoms with Crippen LogP contribution in [0.2, 0.25) is 0 Å². The third-order valence-corrected chi connectivity index (χ3v) is 3.66. The summed E-state index contributed by atoms with van der Waals surface area (Å²) in [6, 6.07) is 6.48. The Bertz CT molecular complexity index is 538. The van der Waals surface area contributed by atoms with Crippen LogP contribution < -0.4 is 0 Å². The quantitative estimate of drug-likeness (QED) is 0.753. The number of rotatable bonds is 1. The van der Waals surface area contributed by atoms with Crippen molar-refractivity contribution in [1.29, 1.82) is 0 Å². The van der Waals surface area contributed by atoms with Gasteiger partial charge in [0.25, 0.3) is 0 Å². The molecule has 3 rings (SSSR count). The van der Waals surface area contributed by atoms with Crippen LogP contribution >= 0.6 is 0 Å². The topological polar surface area (TPSA) is 27.1 Å². The first kappa shape index (κ1) is 10.8. The summed E-state index contributed by atoms with van der Waals surface area (Å²) in [5.41, 5.74) is 3.63. The third-order valence-electron chi connectivity index (χ3n) is 3.66. The zero-order chi connectivity index (χ0) is 11.8. The lowest BCUT2D eigenvalue weighted by atomic mass is 9.99. The monoisotopic (exact) mass is 230 g/mol. The standard InChI is InChI=1S/C14H18N2O/c1-10-3-4-13-12(9-10)15-14(16(13)2)11-5-7-17-8-6-11/h3-4,9,11H,5-8H2,1-2H3. The fourth-order valence-corrected chi connectivity index (χ4v) is 2.65. The Labute approximate surface area is 101 Å². The number of ether oxygens (including phenoxy) is 1. The van der Waals surface area contributed by atoms with Crippen molar-refractivity contribution in [3.05, 3.63) is 29.6 Å². The Morgan fingerprint density at radius 1 is 1.29 bits per heavy atom. The smallest absolute Gasteiger partial charge is 0.112 e. The van der Waals surface area contributed by atoms with Crippen molar-refractivity contribution < 1.29 is 4.74 Å². The zero-order valence-corrected chi connectivity index (χ0v) is 10.4. The molecule has 0 radical (unpaired) electrons. The molecule has 17 heavy (non-hydrogen) atoms. The van der Waals surface area contributed by atoms with Crippen LogP contribution in [-0.4, -0.2) is 22.8 Å². The number of hydrogen-bond donors (Lipinski definition) is 0. The van der Waals surface area contributed by atoms with E-state index in [0.717, 1.165) is 31.6 Å². The van der Waals surface area contributed by atoms with Crippen LogP contribution in [0.5, 0.6) is 0 Å². The highest BCUT2D eigenvalue weighted by molar-refractivity contribution is 5.76. The van der Waals surface area contributed by atoms with Gasteiger partial charge in [-0.3, -0.25) is 0 Å². The van der Waals surface area contributed by atoms with Gasteiger partial charge in [0.1, 0.15) is 5.82 Å². The van der Waals surface area contributed by atoms with Crippen LogP contribution in [0.3, 0.4) is 0 Å². The summed E-state index contributed by atoms with van der Waals surface area (Å²) in [7, 11) is 2.12. The van der Waals surface area contributed by atoms with Crippen molar-refractivity contribution in [2.24, 2.45) is 7.05 Å². The van der Waals surface area contributed by atoms with Crippen molar-refractivity contribution in [1.82, 2.24) is 9.55 Å². The number of aromatic nitrogens is 2. The Kier molecular flexibility index (Phi) is 2.63. The molecule has 0 N–H and O–H groups in total. The van der Waals surface area contributed by atoms with Crippen molar-refractivity contribution >= 4 is 11.0 Å². The fraction of sp³-hybridized carbons (Fsp3) is 0.500. The maximum absolute atomic E-state index is 5.42. The van der Waals surface area contributed by atoms with Gasteiger partial charge in [-0.25, -0.2) is 4.98 Å². The molecule has 0 atom stereocenters. The first-order valence-electron chi connectivity index (χ1n) is 6.26. The van der Waals surface area contributed by atoms with Gasteiger partial charge in [0.15, 0.2) is 0 Å². The number of aryl methyl sites for hydroxylation is 2. The van der Waals surface area contributed by atoms with E-state index in [1.165, 1.54) is 16.9 Å². The van der Waals surface area contributed by atoms with Gasteiger partial charge in [-0.2, -0.15) is 0 Å². The molecule has 0 aliphatic carbocycles. The summed E-state index contributed by atoms with van der Waals surface area (Å²) < 4.78 is 7.66. The van der Waals surface area contributed by atoms with E-state index in [2.05, 4.69) is 36.7 Å². The summed E-state index contributed by atoms with van der Waals surface area (Å²) in [5, 5.41) is 0. The molecule has 1 aliphatic heterocycles. The highest BCUT2D eigenvalue weighted by Gasteiger charge is 2.21. The average molecular weight is 230 g/mol. The lowest BCUT2D eigenvalue weighted by Crippen LogP contribution is -2.17. The van der Waals surface area contributed by atoms with E-state index in [-0.39, 0.29) is 0 Å². The minimum Gasteiger partial charge on any atom is -0.381 e. The van der Waals surface area contributed by atoms with E-state index < -0.39 is 0 Å². The number of benzene rings is 1. The molecule has 0 saturated carbocycles. The van der Waals surface area contributed by atoms with Crippen molar-refractivity contribution in [2.45, 2.75) is 25.7 Å². The van der Waals surface area contributed by atoms with E-state index in [1.807, 2.05) is 0 Å². The van der Waals surface area contributed by atoms with Crippen molar-refractivity contribution in [3.63, 3.8) is 0 Å². The number of fused-ring (bicyclic) bond motifs is 1. The van der Waals surface area contributed by atoms with Gasteiger partial charge in [-0.05, 0) is 37.5 Å². The first-order chi connectivity index (χ1) is 8.25. The molecule has 0 spiro atoms. The maximum Gasteiger partial charge on any atom is 0.112 e. The van der Waals surface area contributed by atoms with Crippen LogP contribution in [0.4, 0.5) is 0 Å². The van der Waals surface area contributed by atoms with Gasteiger partial charge in [0.2, 0.25) is 0 Å². The molecule has 90 valence electrons. The molecule has 1 aliphatic rings. The Hall–Kier alpha value is -1.35. The van der Waals surface area contributed by atoms with Crippen LogP contribution in [0.1, 0.15) is 30.1 Å². The maximum atomic E-state index is 5.42. The second-order valence-electron chi connectivity index (χ2n) is 4.91. The zero-order valence-electron chi connectivity index (χ0n) is 10.4. The molecule has 2 heterocycles. The lowest BCUT2D eigenvalue weighted by Gasteiger charge is -2.21. The fourth-order valence-electron chi connectivity index (χ4n) is 2.65. The molecule has 0 unspecified atom stereocenters. The van der Waals surface area contributed by atoms with Gasteiger partial charge in [0.05, 0.1) is 11.0 Å². The highest BCUT2D eigenvalue weighted by Crippen LogP contribution is 2.28. The second kappa shape index (κ2) is 4.15. The Morgan fingerprint density at radius 3 is 2.82 bits per heavy atom. The molecule has 1 fully saturated rings. The van der Waals surface area contributed by atoms with Gasteiger partial charge in [0, 0.05) is 26.2 Å². The van der Waals surface area contributed by atoms with E-state index in [4.69, 9.17) is 9.72 Å². The van der Waals surface area contributed by atoms with Gasteiger partial charge >= 0.3 is 0 Å². The second-order valence-corrected chi connectivity index (χ2v) is 4.91. The van der Waals surface area contributed by atoms with E-state index >= 15 is 0 Å². The molecular formula is C14H18N2O. The van der Waals surface area contributed by atoms with Crippen LogP contribution in [0, 0.1) is 6.92 Å². The van der Waals surface area contributed by atoms with Crippen LogP contribution in [0.25, 0.3) is 11.0 Å². The summed E-state index contributed by atoms with van der Waals surface area (Å²) in [6.07, 6.45) is 2.19. The third kappa shape index (κ3) is 1.84. The highest BCUT2D eigenvalue weighted by atomic mass is 16.5. The van der Waals surface area contributed by atoms with Gasteiger partial charge in [-0.15, -0.1) is 0 Å². The molecule has 1 aromatic heterocycles. The summed E-state index contributed by atoms with van der Waals surface area (Å²) in [6.45, 7) is 3.85. The molecule has 0 amide bonds. The van der Waals surface area contributed by atoms with E-state index in [0.29, 0.717) is 5.92 Å². The minimum atomic E-state index is 0.557. The molecule has 3 heteroatoms. The normalized spacial score (nSPS) is 17.8. The number of imidazole rings is 1. The Morgan fingerprint density at radius 2 is 2.06 bits per heavy atom. The Balaban J connectivity index is 2.07. The largest absolute Gasteiger partial charge is 0.381 e. The SMILES string of the molecule is Cc1ccc2c(c1)nc(C1CCOCC1)n2C. The van der Waals surface area contributed by atoms with Crippen molar-refractivity contribution in [2.75, 3.05) is 13.2 Å². The van der Waals surface area contributed by atoms with Crippen molar-refractivity contribution in [3.8, 4) is 0 Å². The predicted molar refractivity (Wildman–Crippen MR) is 68.2 cm³/mol. The molecular weight excluding hydrogens is 212 g/mol. The van der Waals surface area contributed by atoms with E-state index in [1.54, 1.807) is 0 Å². The molecule has 2 aromatic rings. The molecule has 1 saturated heterocycles. The lowest BCUT2D eigenvalue weighted by molar-refractivity contribution is 0.0831. The van der Waals surface area contributed by atoms with Crippen LogP contribution in [-0.2, 0) is 11.8 Å². The summed E-state index contributed by atoms with van der Waals surface area (Å²) in [4.78, 5) is 4.80. The predicted octanol–water partition coefficient (Wildman–Crippen LogP) is 2.78. The summed E-state index contributed by atoms with van der Waals surface area (Å²) in [5.74, 6) is 1.77. The number of nitrogens with zero attached hydrogens (tertiary/aromatic N) is 2. The summed E-state index contributed by atoms with van der Waals surface area (Å²) >= 11 is 0. The average Bonchev–Trinajstić information content (AvgIpc) is 2.67. The minimum absolute atomic E-state index is 0.557. The van der Waals surface area contributed by atoms with Gasteiger partial charge < -0.3 is 9.30 Å². The van der Waals surface area contributed by atoms with Gasteiger partial charge in [-0.1, -0.05) is 6.07 Å². The number of hydrogen-bond acceptors (Lipinski definition) is 2. The molecule has 1 aromatic carbocycles. The van der Waals surface area contributed by atoms with Crippen LogP contribution in [0.15, 0.2) is 18.2 Å². The first-order valence-corrected chi connectivity index (χ1v) is 6.26. The molecule has 3 nitrogen and oxygen atoms in total. The van der Waals surface area contributed by atoms with E-state index in [9.17, 15) is 0 Å².